The summed E-state index contributed by atoms with van der Waals surface area (Å²) in [5.41, 5.74) is 0.195. The predicted molar refractivity (Wildman–Crippen MR) is 69.1 cm³/mol. The normalized spacial score (nSPS) is 31.6. The van der Waals surface area contributed by atoms with E-state index < -0.39 is 0 Å². The topological polar surface area (TPSA) is 41.5 Å². The summed E-state index contributed by atoms with van der Waals surface area (Å²) in [6.45, 7) is 4.93. The van der Waals surface area contributed by atoms with Gasteiger partial charge in [0.05, 0.1) is 11.7 Å². The first-order chi connectivity index (χ1) is 8.10. The molecule has 3 unspecified atom stereocenters. The van der Waals surface area contributed by atoms with E-state index in [-0.39, 0.29) is 11.7 Å². The molecule has 3 nitrogen and oxygen atoms in total. The van der Waals surface area contributed by atoms with Crippen LogP contribution in [0.2, 0.25) is 0 Å². The Bertz CT molecular complexity index is 236. The molecule has 1 heterocycles. The van der Waals surface area contributed by atoms with Crippen molar-refractivity contribution in [1.29, 1.82) is 0 Å². The minimum Gasteiger partial charge on any atom is -0.393 e. The monoisotopic (exact) mass is 241 g/mol. The molecule has 2 aliphatic rings. The van der Waals surface area contributed by atoms with Gasteiger partial charge in [-0.2, -0.15) is 0 Å². The van der Waals surface area contributed by atoms with Gasteiger partial charge in [-0.25, -0.2) is 0 Å². The number of hydrogen-bond donors (Lipinski definition) is 2. The first-order valence-corrected chi connectivity index (χ1v) is 7.18. The van der Waals surface area contributed by atoms with Gasteiger partial charge in [-0.05, 0) is 46.0 Å². The molecule has 1 spiro atoms. The lowest BCUT2D eigenvalue weighted by molar-refractivity contribution is -0.0848. The highest BCUT2D eigenvalue weighted by Crippen LogP contribution is 2.40. The highest BCUT2D eigenvalue weighted by atomic mass is 16.5. The number of ether oxygens (including phenoxy) is 1. The number of hydrogen-bond acceptors (Lipinski definition) is 3. The van der Waals surface area contributed by atoms with E-state index in [2.05, 4.69) is 12.2 Å². The molecule has 17 heavy (non-hydrogen) atoms. The highest BCUT2D eigenvalue weighted by molar-refractivity contribution is 4.94. The van der Waals surface area contributed by atoms with Crippen LogP contribution in [0.3, 0.4) is 0 Å². The second-order valence-corrected chi connectivity index (χ2v) is 6.08. The molecule has 1 aliphatic heterocycles. The van der Waals surface area contributed by atoms with E-state index >= 15 is 0 Å². The van der Waals surface area contributed by atoms with Crippen molar-refractivity contribution in [3.63, 3.8) is 0 Å². The van der Waals surface area contributed by atoms with Gasteiger partial charge < -0.3 is 15.2 Å². The lowest BCUT2D eigenvalue weighted by Gasteiger charge is -2.39. The van der Waals surface area contributed by atoms with Crippen molar-refractivity contribution in [2.24, 2.45) is 0 Å². The van der Waals surface area contributed by atoms with E-state index in [0.717, 1.165) is 25.9 Å². The standard InChI is InChI=1S/C14H27NO2/c1-11(9-12(2)16)15-13-5-8-17-14(10-13)6-3-4-7-14/h11-13,15-16H,3-10H2,1-2H3. The Morgan fingerprint density at radius 2 is 2.06 bits per heavy atom. The summed E-state index contributed by atoms with van der Waals surface area (Å²) >= 11 is 0. The molecule has 0 bridgehead atoms. The van der Waals surface area contributed by atoms with Gasteiger partial charge in [-0.15, -0.1) is 0 Å². The quantitative estimate of drug-likeness (QED) is 0.793. The Morgan fingerprint density at radius 1 is 1.35 bits per heavy atom. The molecule has 0 aromatic heterocycles. The molecule has 2 N–H and O–H groups in total. The van der Waals surface area contributed by atoms with Crippen LogP contribution in [0.1, 0.15) is 58.8 Å². The molecule has 1 saturated carbocycles. The summed E-state index contributed by atoms with van der Waals surface area (Å²) in [6.07, 6.45) is 8.06. The van der Waals surface area contributed by atoms with Gasteiger partial charge in [-0.1, -0.05) is 12.8 Å². The fourth-order valence-corrected chi connectivity index (χ4v) is 3.52. The number of aliphatic hydroxyl groups is 1. The summed E-state index contributed by atoms with van der Waals surface area (Å²) in [4.78, 5) is 0. The van der Waals surface area contributed by atoms with Gasteiger partial charge in [-0.3, -0.25) is 0 Å². The van der Waals surface area contributed by atoms with E-state index in [4.69, 9.17) is 4.74 Å². The lowest BCUT2D eigenvalue weighted by Crippen LogP contribution is -2.48. The van der Waals surface area contributed by atoms with Crippen LogP contribution >= 0.6 is 0 Å². The smallest absolute Gasteiger partial charge is 0.0697 e. The minimum absolute atomic E-state index is 0.195. The maximum Gasteiger partial charge on any atom is 0.0697 e. The van der Waals surface area contributed by atoms with Gasteiger partial charge in [0.25, 0.3) is 0 Å². The maximum atomic E-state index is 9.39. The average molecular weight is 241 g/mol. The largest absolute Gasteiger partial charge is 0.393 e. The zero-order valence-corrected chi connectivity index (χ0v) is 11.2. The van der Waals surface area contributed by atoms with E-state index in [9.17, 15) is 5.11 Å². The summed E-state index contributed by atoms with van der Waals surface area (Å²) in [6, 6.07) is 0.979. The Labute approximate surface area is 105 Å². The fourth-order valence-electron chi connectivity index (χ4n) is 3.52. The summed E-state index contributed by atoms with van der Waals surface area (Å²) in [5, 5.41) is 13.1. The van der Waals surface area contributed by atoms with Crippen LogP contribution in [-0.4, -0.2) is 35.5 Å². The molecule has 1 aliphatic carbocycles. The van der Waals surface area contributed by atoms with E-state index in [0.29, 0.717) is 12.1 Å². The van der Waals surface area contributed by atoms with Gasteiger partial charge in [0.15, 0.2) is 0 Å². The molecule has 3 heteroatoms. The van der Waals surface area contributed by atoms with Crippen LogP contribution in [0.4, 0.5) is 0 Å². The lowest BCUT2D eigenvalue weighted by atomic mass is 9.88. The molecule has 0 aromatic carbocycles. The third-order valence-electron chi connectivity index (χ3n) is 4.22. The van der Waals surface area contributed by atoms with Crippen molar-refractivity contribution in [3.8, 4) is 0 Å². The molecule has 0 aromatic rings. The molecule has 0 amide bonds. The number of nitrogens with one attached hydrogen (secondary N) is 1. The zero-order valence-electron chi connectivity index (χ0n) is 11.2. The Balaban J connectivity index is 1.81. The van der Waals surface area contributed by atoms with Crippen LogP contribution in [-0.2, 0) is 4.74 Å². The van der Waals surface area contributed by atoms with Gasteiger partial charge in [0.2, 0.25) is 0 Å². The third-order valence-corrected chi connectivity index (χ3v) is 4.22. The molecule has 0 radical (unpaired) electrons. The van der Waals surface area contributed by atoms with Crippen LogP contribution in [0, 0.1) is 0 Å². The molecule has 100 valence electrons. The van der Waals surface area contributed by atoms with Gasteiger partial charge in [0.1, 0.15) is 0 Å². The Hall–Kier alpha value is -0.120. The van der Waals surface area contributed by atoms with E-state index in [1.807, 2.05) is 6.92 Å². The molecular formula is C14H27NO2. The van der Waals surface area contributed by atoms with Crippen molar-refractivity contribution in [1.82, 2.24) is 5.32 Å². The van der Waals surface area contributed by atoms with Crippen LogP contribution in [0.25, 0.3) is 0 Å². The van der Waals surface area contributed by atoms with Crippen LogP contribution < -0.4 is 5.32 Å². The second kappa shape index (κ2) is 5.68. The molecule has 3 atom stereocenters. The molecule has 2 fully saturated rings. The van der Waals surface area contributed by atoms with Crippen molar-refractivity contribution in [2.45, 2.75) is 82.6 Å². The second-order valence-electron chi connectivity index (χ2n) is 6.08. The summed E-state index contributed by atoms with van der Waals surface area (Å²) in [5.74, 6) is 0. The minimum atomic E-state index is -0.210. The predicted octanol–water partition coefficient (Wildman–Crippen LogP) is 2.23. The average Bonchev–Trinajstić information content (AvgIpc) is 2.64. The summed E-state index contributed by atoms with van der Waals surface area (Å²) < 4.78 is 6.03. The van der Waals surface area contributed by atoms with E-state index in [1.54, 1.807) is 0 Å². The molecule has 1 saturated heterocycles. The third kappa shape index (κ3) is 3.67. The Kier molecular flexibility index (Phi) is 4.45. The Morgan fingerprint density at radius 3 is 2.71 bits per heavy atom. The van der Waals surface area contributed by atoms with Crippen molar-refractivity contribution in [2.75, 3.05) is 6.61 Å². The van der Waals surface area contributed by atoms with Crippen LogP contribution in [0.15, 0.2) is 0 Å². The van der Waals surface area contributed by atoms with Gasteiger partial charge >= 0.3 is 0 Å². The van der Waals surface area contributed by atoms with Crippen molar-refractivity contribution >= 4 is 0 Å². The summed E-state index contributed by atoms with van der Waals surface area (Å²) in [7, 11) is 0. The number of rotatable bonds is 4. The first-order valence-electron chi connectivity index (χ1n) is 7.18. The molecule has 2 rings (SSSR count). The first kappa shape index (κ1) is 13.3. The van der Waals surface area contributed by atoms with E-state index in [1.165, 1.54) is 25.7 Å². The highest BCUT2D eigenvalue weighted by Gasteiger charge is 2.39. The molecular weight excluding hydrogens is 214 g/mol. The maximum absolute atomic E-state index is 9.39. The SMILES string of the molecule is CC(O)CC(C)NC1CCOC2(CCCC2)C1. The van der Waals surface area contributed by atoms with Gasteiger partial charge in [0, 0.05) is 18.7 Å². The van der Waals surface area contributed by atoms with Crippen molar-refractivity contribution in [3.05, 3.63) is 0 Å². The number of aliphatic hydroxyl groups excluding tert-OH is 1. The zero-order chi connectivity index (χ0) is 12.3. The van der Waals surface area contributed by atoms with Crippen LogP contribution in [0.5, 0.6) is 0 Å². The fraction of sp³-hybridized carbons (Fsp3) is 1.00. The van der Waals surface area contributed by atoms with Crippen molar-refractivity contribution < 1.29 is 9.84 Å².